The van der Waals surface area contributed by atoms with E-state index in [1.54, 1.807) is 24.0 Å². The second-order valence-electron chi connectivity index (χ2n) is 6.94. The molecule has 0 spiro atoms. The molecule has 3 heterocycles. The van der Waals surface area contributed by atoms with Gasteiger partial charge in [0.15, 0.2) is 5.78 Å². The second kappa shape index (κ2) is 7.90. The van der Waals surface area contributed by atoms with Crippen molar-refractivity contribution in [1.82, 2.24) is 9.88 Å². The Morgan fingerprint density at radius 3 is 2.69 bits per heavy atom. The zero-order valence-electron chi connectivity index (χ0n) is 15.6. The largest absolute Gasteiger partial charge is 0.378 e. The molecule has 1 saturated heterocycles. The van der Waals surface area contributed by atoms with E-state index in [0.717, 1.165) is 22.6 Å². The van der Waals surface area contributed by atoms with Crippen molar-refractivity contribution in [2.24, 2.45) is 0 Å². The molecule has 2 aliphatic rings. The van der Waals surface area contributed by atoms with Gasteiger partial charge in [-0.25, -0.2) is 4.98 Å². The fourth-order valence-corrected chi connectivity index (χ4v) is 4.64. The number of morpholine rings is 1. The van der Waals surface area contributed by atoms with E-state index in [2.05, 4.69) is 29.0 Å². The second-order valence-corrected chi connectivity index (χ2v) is 8.38. The molecule has 3 rings (SSSR count). The zero-order chi connectivity index (χ0) is 18.8. The molecular formula is C19H25N3O3S. The first-order chi connectivity index (χ1) is 12.4. The zero-order valence-corrected chi connectivity index (χ0v) is 16.4. The summed E-state index contributed by atoms with van der Waals surface area (Å²) < 4.78 is 5.62. The van der Waals surface area contributed by atoms with Crippen molar-refractivity contribution >= 4 is 34.8 Å². The van der Waals surface area contributed by atoms with Crippen LogP contribution in [0.5, 0.6) is 0 Å². The van der Waals surface area contributed by atoms with Gasteiger partial charge in [-0.15, -0.1) is 11.8 Å². The molecule has 7 heteroatoms. The summed E-state index contributed by atoms with van der Waals surface area (Å²) in [5.41, 5.74) is 1.57. The fraction of sp³-hybridized carbons (Fsp3) is 0.526. The SMILES string of the molecule is CC(=O)Nc1cc(C2=C(CN3[C@H](C)COC[C@@H]3C)SC(C)C2=O)ccn1. The molecule has 0 bridgehead atoms. The fourth-order valence-electron chi connectivity index (χ4n) is 3.43. The van der Waals surface area contributed by atoms with Crippen LogP contribution in [-0.2, 0) is 14.3 Å². The standard InChI is InChI=1S/C19H25N3O3S/c1-11-9-25-10-12(2)22(11)8-16-18(19(24)13(3)26-16)15-5-6-20-17(7-15)21-14(4)23/h5-7,11-13H,8-10H2,1-4H3,(H,20,21,23)/t11-,12+,13?. The molecule has 0 aliphatic carbocycles. The van der Waals surface area contributed by atoms with Gasteiger partial charge in [-0.05, 0) is 38.5 Å². The quantitative estimate of drug-likeness (QED) is 0.872. The first-order valence-corrected chi connectivity index (χ1v) is 9.76. The number of thioether (sulfide) groups is 1. The van der Waals surface area contributed by atoms with Gasteiger partial charge in [-0.1, -0.05) is 0 Å². The minimum absolute atomic E-state index is 0.0935. The number of rotatable bonds is 4. The van der Waals surface area contributed by atoms with Crippen molar-refractivity contribution < 1.29 is 14.3 Å². The Labute approximate surface area is 158 Å². The summed E-state index contributed by atoms with van der Waals surface area (Å²) in [4.78, 5) is 31.8. The molecule has 1 aromatic heterocycles. The topological polar surface area (TPSA) is 71.5 Å². The maximum absolute atomic E-state index is 12.8. The Kier molecular flexibility index (Phi) is 5.79. The van der Waals surface area contributed by atoms with Crippen LogP contribution in [-0.4, -0.2) is 58.7 Å². The number of hydrogen-bond donors (Lipinski definition) is 1. The molecule has 0 saturated carbocycles. The van der Waals surface area contributed by atoms with E-state index in [-0.39, 0.29) is 16.9 Å². The van der Waals surface area contributed by atoms with Crippen molar-refractivity contribution in [2.75, 3.05) is 25.1 Å². The first kappa shape index (κ1) is 19.1. The van der Waals surface area contributed by atoms with Crippen LogP contribution < -0.4 is 5.32 Å². The molecule has 1 fully saturated rings. The molecule has 2 aliphatic heterocycles. The molecule has 26 heavy (non-hydrogen) atoms. The predicted octanol–water partition coefficient (Wildman–Crippen LogP) is 2.56. The maximum Gasteiger partial charge on any atom is 0.222 e. The first-order valence-electron chi connectivity index (χ1n) is 8.88. The number of ketones is 1. The van der Waals surface area contributed by atoms with Gasteiger partial charge in [-0.2, -0.15) is 0 Å². The van der Waals surface area contributed by atoms with Crippen LogP contribution in [0.15, 0.2) is 23.2 Å². The molecule has 3 atom stereocenters. The van der Waals surface area contributed by atoms with Crippen LogP contribution in [0.1, 0.15) is 33.3 Å². The van der Waals surface area contributed by atoms with Crippen LogP contribution in [0.2, 0.25) is 0 Å². The van der Waals surface area contributed by atoms with Crippen LogP contribution >= 0.6 is 11.8 Å². The molecule has 1 N–H and O–H groups in total. The van der Waals surface area contributed by atoms with Crippen LogP contribution in [0.4, 0.5) is 5.82 Å². The highest BCUT2D eigenvalue weighted by Gasteiger charge is 2.35. The third-order valence-electron chi connectivity index (χ3n) is 4.74. The summed E-state index contributed by atoms with van der Waals surface area (Å²) in [6.07, 6.45) is 1.63. The molecule has 1 amide bonds. The summed E-state index contributed by atoms with van der Waals surface area (Å²) in [6.45, 7) is 9.86. The van der Waals surface area contributed by atoms with Crippen molar-refractivity contribution in [1.29, 1.82) is 0 Å². The smallest absolute Gasteiger partial charge is 0.222 e. The van der Waals surface area contributed by atoms with E-state index in [1.165, 1.54) is 6.92 Å². The third-order valence-corrected chi connectivity index (χ3v) is 5.93. The van der Waals surface area contributed by atoms with Crippen LogP contribution in [0.25, 0.3) is 5.57 Å². The van der Waals surface area contributed by atoms with Crippen molar-refractivity contribution in [3.8, 4) is 0 Å². The average molecular weight is 375 g/mol. The van der Waals surface area contributed by atoms with E-state index in [1.807, 2.05) is 13.0 Å². The average Bonchev–Trinajstić information content (AvgIpc) is 2.85. The number of carbonyl (C=O) groups is 2. The molecule has 0 radical (unpaired) electrons. The minimum atomic E-state index is -0.180. The van der Waals surface area contributed by atoms with Gasteiger partial charge >= 0.3 is 0 Å². The summed E-state index contributed by atoms with van der Waals surface area (Å²) in [6, 6.07) is 4.24. The monoisotopic (exact) mass is 375 g/mol. The minimum Gasteiger partial charge on any atom is -0.378 e. The number of amides is 1. The van der Waals surface area contributed by atoms with Gasteiger partial charge in [0.05, 0.1) is 18.5 Å². The normalized spacial score (nSPS) is 27.1. The predicted molar refractivity (Wildman–Crippen MR) is 104 cm³/mol. The third kappa shape index (κ3) is 4.00. The number of pyridine rings is 1. The summed E-state index contributed by atoms with van der Waals surface area (Å²) in [5, 5.41) is 2.59. The Morgan fingerprint density at radius 2 is 2.04 bits per heavy atom. The van der Waals surface area contributed by atoms with E-state index in [4.69, 9.17) is 4.74 Å². The number of hydrogen-bond acceptors (Lipinski definition) is 6. The van der Waals surface area contributed by atoms with E-state index >= 15 is 0 Å². The molecule has 1 aromatic rings. The highest BCUT2D eigenvalue weighted by Crippen LogP contribution is 2.41. The highest BCUT2D eigenvalue weighted by atomic mass is 32.2. The molecule has 140 valence electrons. The van der Waals surface area contributed by atoms with Gasteiger partial charge in [0, 0.05) is 42.2 Å². The summed E-state index contributed by atoms with van der Waals surface area (Å²) >= 11 is 1.63. The number of nitrogens with one attached hydrogen (secondary N) is 1. The van der Waals surface area contributed by atoms with E-state index < -0.39 is 0 Å². The van der Waals surface area contributed by atoms with Gasteiger partial charge < -0.3 is 10.1 Å². The van der Waals surface area contributed by atoms with E-state index in [9.17, 15) is 9.59 Å². The lowest BCUT2D eigenvalue weighted by atomic mass is 10.00. The van der Waals surface area contributed by atoms with Gasteiger partial charge in [-0.3, -0.25) is 14.5 Å². The Hall–Kier alpha value is -1.70. The highest BCUT2D eigenvalue weighted by molar-refractivity contribution is 8.05. The Morgan fingerprint density at radius 1 is 1.35 bits per heavy atom. The lowest BCUT2D eigenvalue weighted by Crippen LogP contribution is -2.50. The van der Waals surface area contributed by atoms with E-state index in [0.29, 0.717) is 31.1 Å². The molecule has 0 aromatic carbocycles. The lowest BCUT2D eigenvalue weighted by molar-refractivity contribution is -0.114. The number of allylic oxidation sites excluding steroid dienone is 1. The van der Waals surface area contributed by atoms with Gasteiger partial charge in [0.2, 0.25) is 5.91 Å². The van der Waals surface area contributed by atoms with Gasteiger partial charge in [0.25, 0.3) is 0 Å². The molecule has 6 nitrogen and oxygen atoms in total. The van der Waals surface area contributed by atoms with Gasteiger partial charge in [0.1, 0.15) is 5.82 Å². The number of anilines is 1. The van der Waals surface area contributed by atoms with Crippen molar-refractivity contribution in [2.45, 2.75) is 45.0 Å². The maximum atomic E-state index is 12.8. The Bertz CT molecular complexity index is 739. The number of carbonyl (C=O) groups excluding carboxylic acids is 2. The molecule has 1 unspecified atom stereocenters. The molecular weight excluding hydrogens is 350 g/mol. The number of nitrogens with zero attached hydrogens (tertiary/aromatic N) is 2. The van der Waals surface area contributed by atoms with Crippen LogP contribution in [0, 0.1) is 0 Å². The summed E-state index contributed by atoms with van der Waals surface area (Å²) in [7, 11) is 0. The van der Waals surface area contributed by atoms with Crippen molar-refractivity contribution in [3.05, 3.63) is 28.8 Å². The lowest BCUT2D eigenvalue weighted by Gasteiger charge is -2.39. The Balaban J connectivity index is 1.93. The summed E-state index contributed by atoms with van der Waals surface area (Å²) in [5.74, 6) is 0.422. The van der Waals surface area contributed by atoms with Crippen molar-refractivity contribution in [3.63, 3.8) is 0 Å². The number of Topliss-reactive ketones (excluding diaryl/α,β-unsaturated/α-hetero) is 1. The number of ether oxygens (including phenoxy) is 1. The van der Waals surface area contributed by atoms with Crippen LogP contribution in [0.3, 0.4) is 0 Å². The number of aromatic nitrogens is 1.